The first-order valence-electron chi connectivity index (χ1n) is 5.55. The van der Waals surface area contributed by atoms with Crippen molar-refractivity contribution in [1.29, 1.82) is 0 Å². The van der Waals surface area contributed by atoms with Crippen molar-refractivity contribution in [2.24, 2.45) is 0 Å². The van der Waals surface area contributed by atoms with Crippen LogP contribution in [0.4, 0.5) is 0 Å². The summed E-state index contributed by atoms with van der Waals surface area (Å²) < 4.78 is 21.9. The SMILES string of the molecule is C[C@H](NCCCS(C)(=O)=O)c1cccc(Cl)c1. The smallest absolute Gasteiger partial charge is 0.147 e. The largest absolute Gasteiger partial charge is 0.310 e. The second-order valence-electron chi connectivity index (χ2n) is 4.21. The Bertz CT molecular complexity index is 459. The Morgan fingerprint density at radius 2 is 2.12 bits per heavy atom. The lowest BCUT2D eigenvalue weighted by molar-refractivity contribution is 0.562. The molecule has 96 valence electrons. The fraction of sp³-hybridized carbons (Fsp3) is 0.500. The van der Waals surface area contributed by atoms with E-state index in [2.05, 4.69) is 5.32 Å². The van der Waals surface area contributed by atoms with Crippen molar-refractivity contribution >= 4 is 21.4 Å². The molecule has 0 bridgehead atoms. The molecule has 1 aromatic carbocycles. The molecule has 0 radical (unpaired) electrons. The molecule has 0 unspecified atom stereocenters. The minimum Gasteiger partial charge on any atom is -0.310 e. The molecule has 0 saturated carbocycles. The van der Waals surface area contributed by atoms with Crippen LogP contribution in [0.1, 0.15) is 24.9 Å². The molecule has 0 saturated heterocycles. The van der Waals surface area contributed by atoms with E-state index in [1.54, 1.807) is 0 Å². The van der Waals surface area contributed by atoms with Gasteiger partial charge in [0, 0.05) is 17.3 Å². The van der Waals surface area contributed by atoms with Crippen LogP contribution in [-0.2, 0) is 9.84 Å². The van der Waals surface area contributed by atoms with E-state index in [1.807, 2.05) is 31.2 Å². The van der Waals surface area contributed by atoms with Crippen LogP contribution in [-0.4, -0.2) is 27.0 Å². The summed E-state index contributed by atoms with van der Waals surface area (Å²) in [6, 6.07) is 7.83. The third-order valence-corrected chi connectivity index (χ3v) is 3.76. The molecule has 1 rings (SSSR count). The zero-order valence-electron chi connectivity index (χ0n) is 10.1. The standard InChI is InChI=1S/C12H18ClNO2S/c1-10(11-5-3-6-12(13)9-11)14-7-4-8-17(2,15)16/h3,5-6,9-10,14H,4,7-8H2,1-2H3/t10-/m0/s1. The Morgan fingerprint density at radius 3 is 2.71 bits per heavy atom. The first kappa shape index (κ1) is 14.5. The van der Waals surface area contributed by atoms with Crippen molar-refractivity contribution in [3.8, 4) is 0 Å². The van der Waals surface area contributed by atoms with Gasteiger partial charge in [-0.15, -0.1) is 0 Å². The molecule has 3 nitrogen and oxygen atoms in total. The van der Waals surface area contributed by atoms with Gasteiger partial charge >= 0.3 is 0 Å². The summed E-state index contributed by atoms with van der Waals surface area (Å²) in [5, 5.41) is 3.99. The van der Waals surface area contributed by atoms with Gasteiger partial charge in [-0.2, -0.15) is 0 Å². The van der Waals surface area contributed by atoms with Crippen LogP contribution in [0.15, 0.2) is 24.3 Å². The van der Waals surface area contributed by atoms with Gasteiger partial charge < -0.3 is 5.32 Å². The fourth-order valence-corrected chi connectivity index (χ4v) is 2.41. The molecule has 1 atom stereocenters. The average molecular weight is 276 g/mol. The molecule has 0 amide bonds. The molecule has 0 fully saturated rings. The van der Waals surface area contributed by atoms with Crippen LogP contribution < -0.4 is 5.32 Å². The van der Waals surface area contributed by atoms with Crippen molar-refractivity contribution < 1.29 is 8.42 Å². The Hall–Kier alpha value is -0.580. The minimum atomic E-state index is -2.85. The fourth-order valence-electron chi connectivity index (χ4n) is 1.55. The highest BCUT2D eigenvalue weighted by atomic mass is 35.5. The van der Waals surface area contributed by atoms with Crippen LogP contribution in [0.3, 0.4) is 0 Å². The average Bonchev–Trinajstić information content (AvgIpc) is 2.23. The topological polar surface area (TPSA) is 46.2 Å². The van der Waals surface area contributed by atoms with Crippen LogP contribution in [0.2, 0.25) is 5.02 Å². The predicted octanol–water partition coefficient (Wildman–Crippen LogP) is 2.43. The van der Waals surface area contributed by atoms with Crippen LogP contribution in [0, 0.1) is 0 Å². The third kappa shape index (κ3) is 6.05. The maximum atomic E-state index is 10.9. The van der Waals surface area contributed by atoms with E-state index < -0.39 is 9.84 Å². The van der Waals surface area contributed by atoms with Gasteiger partial charge in [-0.25, -0.2) is 8.42 Å². The van der Waals surface area contributed by atoms with E-state index in [0.717, 1.165) is 5.56 Å². The highest BCUT2D eigenvalue weighted by molar-refractivity contribution is 7.90. The quantitative estimate of drug-likeness (QED) is 0.811. The zero-order chi connectivity index (χ0) is 12.9. The molecule has 0 aliphatic rings. The van der Waals surface area contributed by atoms with Gasteiger partial charge in [0.1, 0.15) is 9.84 Å². The molecular formula is C12H18ClNO2S. The number of hydrogen-bond donors (Lipinski definition) is 1. The maximum absolute atomic E-state index is 10.9. The normalized spacial score (nSPS) is 13.6. The second-order valence-corrected chi connectivity index (χ2v) is 6.91. The predicted molar refractivity (Wildman–Crippen MR) is 72.2 cm³/mol. The minimum absolute atomic E-state index is 0.174. The lowest BCUT2D eigenvalue weighted by Gasteiger charge is -2.14. The number of halogens is 1. The summed E-state index contributed by atoms with van der Waals surface area (Å²) in [7, 11) is -2.85. The number of rotatable bonds is 6. The van der Waals surface area contributed by atoms with Gasteiger partial charge in [0.25, 0.3) is 0 Å². The summed E-state index contributed by atoms with van der Waals surface area (Å²) in [6.07, 6.45) is 1.89. The van der Waals surface area contributed by atoms with Crippen molar-refractivity contribution in [1.82, 2.24) is 5.32 Å². The number of hydrogen-bond acceptors (Lipinski definition) is 3. The van der Waals surface area contributed by atoms with Gasteiger partial charge in [-0.3, -0.25) is 0 Å². The van der Waals surface area contributed by atoms with Gasteiger partial charge in [0.05, 0.1) is 5.75 Å². The Balaban J connectivity index is 2.38. The molecule has 0 spiro atoms. The molecule has 0 aliphatic carbocycles. The molecule has 17 heavy (non-hydrogen) atoms. The van der Waals surface area contributed by atoms with Crippen LogP contribution in [0.5, 0.6) is 0 Å². The molecule has 0 aromatic heterocycles. The summed E-state index contributed by atoms with van der Waals surface area (Å²) in [5.41, 5.74) is 1.11. The molecule has 1 N–H and O–H groups in total. The van der Waals surface area contributed by atoms with E-state index in [0.29, 0.717) is 18.0 Å². The first-order valence-corrected chi connectivity index (χ1v) is 7.99. The lowest BCUT2D eigenvalue weighted by atomic mass is 10.1. The van der Waals surface area contributed by atoms with Crippen molar-refractivity contribution in [2.75, 3.05) is 18.6 Å². The van der Waals surface area contributed by atoms with Gasteiger partial charge in [-0.1, -0.05) is 23.7 Å². The van der Waals surface area contributed by atoms with E-state index in [-0.39, 0.29) is 11.8 Å². The summed E-state index contributed by atoms with van der Waals surface area (Å²) >= 11 is 5.90. The van der Waals surface area contributed by atoms with Crippen molar-refractivity contribution in [3.05, 3.63) is 34.9 Å². The number of benzene rings is 1. The van der Waals surface area contributed by atoms with E-state index in [1.165, 1.54) is 6.26 Å². The van der Waals surface area contributed by atoms with Crippen LogP contribution in [0.25, 0.3) is 0 Å². The second kappa shape index (κ2) is 6.38. The molecule has 0 aliphatic heterocycles. The van der Waals surface area contributed by atoms with Crippen molar-refractivity contribution in [3.63, 3.8) is 0 Å². The zero-order valence-corrected chi connectivity index (χ0v) is 11.7. The highest BCUT2D eigenvalue weighted by Gasteiger charge is 2.06. The molecule has 1 aromatic rings. The monoisotopic (exact) mass is 275 g/mol. The van der Waals surface area contributed by atoms with E-state index in [9.17, 15) is 8.42 Å². The highest BCUT2D eigenvalue weighted by Crippen LogP contribution is 2.17. The number of nitrogens with one attached hydrogen (secondary N) is 1. The van der Waals surface area contributed by atoms with E-state index >= 15 is 0 Å². The molecule has 0 heterocycles. The Morgan fingerprint density at radius 1 is 1.41 bits per heavy atom. The first-order chi connectivity index (χ1) is 7.88. The summed E-state index contributed by atoms with van der Waals surface area (Å²) in [5.74, 6) is 0.224. The van der Waals surface area contributed by atoms with Gasteiger partial charge in [0.15, 0.2) is 0 Å². The molecule has 5 heteroatoms. The van der Waals surface area contributed by atoms with E-state index in [4.69, 9.17) is 11.6 Å². The summed E-state index contributed by atoms with van der Waals surface area (Å²) in [4.78, 5) is 0. The lowest BCUT2D eigenvalue weighted by Crippen LogP contribution is -2.21. The molecular weight excluding hydrogens is 258 g/mol. The Kier molecular flexibility index (Phi) is 5.43. The number of sulfone groups is 1. The third-order valence-electron chi connectivity index (χ3n) is 2.49. The maximum Gasteiger partial charge on any atom is 0.147 e. The van der Waals surface area contributed by atoms with Crippen LogP contribution >= 0.6 is 11.6 Å². The Labute approximate surface area is 108 Å². The van der Waals surface area contributed by atoms with Gasteiger partial charge in [-0.05, 0) is 37.6 Å². The van der Waals surface area contributed by atoms with Crippen molar-refractivity contribution in [2.45, 2.75) is 19.4 Å². The summed E-state index contributed by atoms with van der Waals surface area (Å²) in [6.45, 7) is 2.72. The van der Waals surface area contributed by atoms with Gasteiger partial charge in [0.2, 0.25) is 0 Å².